The molecule has 0 N–H and O–H groups in total. The number of benzene rings is 2. The largest absolute Gasteiger partial charge is 0.461 e. The van der Waals surface area contributed by atoms with Crippen molar-refractivity contribution in [3.63, 3.8) is 0 Å². The number of carbonyl (C=O) groups is 1. The Morgan fingerprint density at radius 2 is 1.97 bits per heavy atom. The molecule has 0 saturated heterocycles. The summed E-state index contributed by atoms with van der Waals surface area (Å²) < 4.78 is 46.4. The van der Waals surface area contributed by atoms with Crippen molar-refractivity contribution in [2.75, 3.05) is 6.61 Å². The Morgan fingerprint density at radius 3 is 2.66 bits per heavy atom. The Labute approximate surface area is 192 Å². The van der Waals surface area contributed by atoms with Crippen molar-refractivity contribution in [1.82, 2.24) is 9.78 Å². The van der Waals surface area contributed by atoms with Gasteiger partial charge in [0.25, 0.3) is 0 Å². The predicted octanol–water partition coefficient (Wildman–Crippen LogP) is 6.86. The molecule has 9 heteroatoms. The zero-order valence-electron chi connectivity index (χ0n) is 16.8. The van der Waals surface area contributed by atoms with Crippen molar-refractivity contribution in [2.45, 2.75) is 25.9 Å². The van der Waals surface area contributed by atoms with Gasteiger partial charge in [-0.05, 0) is 67.3 Å². The maximum absolute atomic E-state index is 13.3. The van der Waals surface area contributed by atoms with Crippen LogP contribution in [0.2, 0.25) is 10.0 Å². The number of alkyl halides is 3. The standard InChI is InChI=1S/C23H17Cl2F3N2O2/c1-2-32-22(31)20-18-9-7-14(10-13-6-8-16(24)12-19(13)25)21(18)30(29-20)17-5-3-4-15(11-17)23(26,27)28/h3-6,8,10-12H,2,7,9H2,1H3/b14-10+. The Hall–Kier alpha value is -2.77. The molecule has 166 valence electrons. The molecule has 1 aliphatic carbocycles. The summed E-state index contributed by atoms with van der Waals surface area (Å²) in [5.41, 5.74) is 2.20. The van der Waals surface area contributed by atoms with Crippen LogP contribution in [-0.4, -0.2) is 22.4 Å². The van der Waals surface area contributed by atoms with Crippen LogP contribution in [0.15, 0.2) is 42.5 Å². The first-order chi connectivity index (χ1) is 15.2. The Balaban J connectivity index is 1.90. The monoisotopic (exact) mass is 480 g/mol. The molecular formula is C23H17Cl2F3N2O2. The van der Waals surface area contributed by atoms with Crippen molar-refractivity contribution in [1.29, 1.82) is 0 Å². The highest BCUT2D eigenvalue weighted by Crippen LogP contribution is 2.39. The molecule has 1 heterocycles. The van der Waals surface area contributed by atoms with Crippen LogP contribution >= 0.6 is 23.2 Å². The van der Waals surface area contributed by atoms with E-state index in [9.17, 15) is 18.0 Å². The van der Waals surface area contributed by atoms with Crippen molar-refractivity contribution in [3.8, 4) is 5.69 Å². The molecule has 0 saturated carbocycles. The van der Waals surface area contributed by atoms with E-state index in [0.29, 0.717) is 39.7 Å². The molecule has 4 rings (SSSR count). The van der Waals surface area contributed by atoms with E-state index in [1.165, 1.54) is 16.8 Å². The molecule has 0 unspecified atom stereocenters. The SMILES string of the molecule is CCOC(=O)c1nn(-c2cccc(C(F)(F)F)c2)c2c1CC/C2=C\c1ccc(Cl)cc1Cl. The number of aromatic nitrogens is 2. The average molecular weight is 481 g/mol. The van der Waals surface area contributed by atoms with Crippen LogP contribution in [-0.2, 0) is 17.3 Å². The van der Waals surface area contributed by atoms with E-state index < -0.39 is 17.7 Å². The minimum Gasteiger partial charge on any atom is -0.461 e. The normalized spacial score (nSPS) is 14.6. The van der Waals surface area contributed by atoms with E-state index in [0.717, 1.165) is 17.7 Å². The highest BCUT2D eigenvalue weighted by atomic mass is 35.5. The summed E-state index contributed by atoms with van der Waals surface area (Å²) in [7, 11) is 0. The predicted molar refractivity (Wildman–Crippen MR) is 117 cm³/mol. The summed E-state index contributed by atoms with van der Waals surface area (Å²) in [4.78, 5) is 12.5. The lowest BCUT2D eigenvalue weighted by molar-refractivity contribution is -0.137. The summed E-state index contributed by atoms with van der Waals surface area (Å²) in [6.45, 7) is 1.84. The van der Waals surface area contributed by atoms with Gasteiger partial charge in [-0.1, -0.05) is 35.3 Å². The summed E-state index contributed by atoms with van der Waals surface area (Å²) in [5.74, 6) is -0.611. The number of hydrogen-bond acceptors (Lipinski definition) is 3. The van der Waals surface area contributed by atoms with E-state index in [1.54, 1.807) is 25.1 Å². The van der Waals surface area contributed by atoms with Gasteiger partial charge in [-0.15, -0.1) is 0 Å². The van der Waals surface area contributed by atoms with E-state index in [2.05, 4.69) is 5.10 Å². The molecule has 1 aromatic heterocycles. The van der Waals surface area contributed by atoms with Gasteiger partial charge in [0.15, 0.2) is 5.69 Å². The third-order valence-electron chi connectivity index (χ3n) is 5.11. The first-order valence-corrected chi connectivity index (χ1v) is 10.6. The molecule has 0 spiro atoms. The minimum absolute atomic E-state index is 0.102. The fourth-order valence-electron chi connectivity index (χ4n) is 3.71. The minimum atomic E-state index is -4.51. The van der Waals surface area contributed by atoms with Gasteiger partial charge in [-0.2, -0.15) is 18.3 Å². The number of hydrogen-bond donors (Lipinski definition) is 0. The van der Waals surface area contributed by atoms with E-state index in [1.807, 2.05) is 6.08 Å². The molecule has 0 fully saturated rings. The van der Waals surface area contributed by atoms with Gasteiger partial charge in [0.1, 0.15) is 0 Å². The number of fused-ring (bicyclic) bond motifs is 1. The van der Waals surface area contributed by atoms with Crippen molar-refractivity contribution >= 4 is 40.8 Å². The summed E-state index contributed by atoms with van der Waals surface area (Å²) in [5, 5.41) is 5.28. The maximum Gasteiger partial charge on any atom is 0.416 e. The summed E-state index contributed by atoms with van der Waals surface area (Å²) >= 11 is 12.3. The maximum atomic E-state index is 13.3. The molecule has 0 radical (unpaired) electrons. The number of rotatable bonds is 4. The number of carbonyl (C=O) groups excluding carboxylic acids is 1. The van der Waals surface area contributed by atoms with Gasteiger partial charge >= 0.3 is 12.1 Å². The lowest BCUT2D eigenvalue weighted by Crippen LogP contribution is -2.10. The van der Waals surface area contributed by atoms with Crippen LogP contribution in [0.3, 0.4) is 0 Å². The third-order valence-corrected chi connectivity index (χ3v) is 5.67. The Bertz CT molecular complexity index is 1230. The number of esters is 1. The lowest BCUT2D eigenvalue weighted by Gasteiger charge is -2.12. The fraction of sp³-hybridized carbons (Fsp3) is 0.217. The highest BCUT2D eigenvalue weighted by molar-refractivity contribution is 6.35. The first-order valence-electron chi connectivity index (χ1n) is 9.81. The third kappa shape index (κ3) is 4.27. The number of nitrogens with zero attached hydrogens (tertiary/aromatic N) is 2. The van der Waals surface area contributed by atoms with E-state index in [4.69, 9.17) is 27.9 Å². The van der Waals surface area contributed by atoms with Crippen LogP contribution in [0.1, 0.15) is 46.2 Å². The molecule has 0 bridgehead atoms. The van der Waals surface area contributed by atoms with Crippen molar-refractivity contribution in [2.24, 2.45) is 0 Å². The average Bonchev–Trinajstić information content (AvgIpc) is 3.31. The fourth-order valence-corrected chi connectivity index (χ4v) is 4.17. The van der Waals surface area contributed by atoms with Gasteiger partial charge in [0, 0.05) is 15.6 Å². The Kier molecular flexibility index (Phi) is 6.05. The highest BCUT2D eigenvalue weighted by Gasteiger charge is 2.33. The van der Waals surface area contributed by atoms with Gasteiger partial charge < -0.3 is 4.74 Å². The topological polar surface area (TPSA) is 44.1 Å². The molecule has 4 nitrogen and oxygen atoms in total. The second kappa shape index (κ2) is 8.64. The zero-order chi connectivity index (χ0) is 23.0. The molecular weight excluding hydrogens is 464 g/mol. The van der Waals surface area contributed by atoms with Crippen LogP contribution in [0.5, 0.6) is 0 Å². The van der Waals surface area contributed by atoms with Crippen molar-refractivity contribution in [3.05, 3.63) is 80.6 Å². The molecule has 0 atom stereocenters. The quantitative estimate of drug-likeness (QED) is 0.383. The first kappa shape index (κ1) is 22.4. The molecule has 1 aliphatic rings. The van der Waals surface area contributed by atoms with Crippen LogP contribution < -0.4 is 0 Å². The molecule has 0 aliphatic heterocycles. The zero-order valence-corrected chi connectivity index (χ0v) is 18.4. The van der Waals surface area contributed by atoms with E-state index >= 15 is 0 Å². The molecule has 32 heavy (non-hydrogen) atoms. The van der Waals surface area contributed by atoms with Gasteiger partial charge in [0.05, 0.1) is 23.6 Å². The molecule has 0 amide bonds. The number of halogens is 5. The van der Waals surface area contributed by atoms with Gasteiger partial charge in [-0.3, -0.25) is 0 Å². The van der Waals surface area contributed by atoms with Crippen LogP contribution in [0.4, 0.5) is 13.2 Å². The summed E-state index contributed by atoms with van der Waals surface area (Å²) in [6, 6.07) is 9.89. The van der Waals surface area contributed by atoms with Crippen LogP contribution in [0.25, 0.3) is 17.3 Å². The van der Waals surface area contributed by atoms with Crippen molar-refractivity contribution < 1.29 is 22.7 Å². The number of ether oxygens (including phenoxy) is 1. The summed E-state index contributed by atoms with van der Waals surface area (Å²) in [6.07, 6.45) is -1.60. The number of allylic oxidation sites excluding steroid dienone is 1. The Morgan fingerprint density at radius 1 is 1.19 bits per heavy atom. The smallest absolute Gasteiger partial charge is 0.416 e. The molecule has 2 aromatic carbocycles. The second-order valence-corrected chi connectivity index (χ2v) is 8.04. The van der Waals surface area contributed by atoms with Crippen LogP contribution in [0, 0.1) is 0 Å². The second-order valence-electron chi connectivity index (χ2n) is 7.19. The van der Waals surface area contributed by atoms with Gasteiger partial charge in [0.2, 0.25) is 0 Å². The molecule has 3 aromatic rings. The lowest BCUT2D eigenvalue weighted by atomic mass is 10.1. The van der Waals surface area contributed by atoms with E-state index in [-0.39, 0.29) is 18.0 Å². The van der Waals surface area contributed by atoms with Gasteiger partial charge in [-0.25, -0.2) is 9.48 Å².